The van der Waals surface area contributed by atoms with Gasteiger partial charge < -0.3 is 10.3 Å². The number of anilines is 1. The molecule has 1 aromatic heterocycles. The molecular formula is C11H13N3S2. The Balaban J connectivity index is 2.41. The number of aromatic nitrogens is 2. The highest BCUT2D eigenvalue weighted by Crippen LogP contribution is 2.20. The van der Waals surface area contributed by atoms with Crippen LogP contribution in [0.5, 0.6) is 0 Å². The summed E-state index contributed by atoms with van der Waals surface area (Å²) in [6.07, 6.45) is 0. The van der Waals surface area contributed by atoms with Gasteiger partial charge in [-0.3, -0.25) is 0 Å². The Labute approximate surface area is 105 Å². The van der Waals surface area contributed by atoms with Crippen LogP contribution < -0.4 is 5.32 Å². The van der Waals surface area contributed by atoms with E-state index in [1.165, 1.54) is 0 Å². The topological polar surface area (TPSA) is 40.7 Å². The van der Waals surface area contributed by atoms with Crippen LogP contribution >= 0.6 is 24.8 Å². The molecule has 0 radical (unpaired) electrons. The number of aromatic amines is 1. The lowest BCUT2D eigenvalue weighted by molar-refractivity contribution is 0.799. The molecule has 5 heteroatoms. The molecule has 3 nitrogen and oxygen atoms in total. The Morgan fingerprint density at radius 1 is 1.50 bits per heavy atom. The molecule has 2 rings (SSSR count). The molecule has 0 spiro atoms. The van der Waals surface area contributed by atoms with Crippen LogP contribution in [0, 0.1) is 0 Å². The summed E-state index contributed by atoms with van der Waals surface area (Å²) in [5.41, 5.74) is 2.91. The lowest BCUT2D eigenvalue weighted by atomic mass is 10.2. The zero-order chi connectivity index (χ0) is 11.7. The van der Waals surface area contributed by atoms with Crippen LogP contribution in [0.25, 0.3) is 11.0 Å². The van der Waals surface area contributed by atoms with Crippen LogP contribution in [0.4, 0.5) is 5.69 Å². The molecule has 2 N–H and O–H groups in total. The third-order valence-electron chi connectivity index (χ3n) is 2.30. The van der Waals surface area contributed by atoms with Crippen LogP contribution in [0.15, 0.2) is 18.2 Å². The number of thiocarbonyl (C=S) groups is 1. The fourth-order valence-corrected chi connectivity index (χ4v) is 1.75. The van der Waals surface area contributed by atoms with Crippen molar-refractivity contribution in [1.82, 2.24) is 9.97 Å². The molecular weight excluding hydrogens is 238 g/mol. The first-order chi connectivity index (χ1) is 7.56. The second-order valence-electron chi connectivity index (χ2n) is 3.94. The van der Waals surface area contributed by atoms with Crippen molar-refractivity contribution in [2.24, 2.45) is 0 Å². The highest BCUT2D eigenvalue weighted by molar-refractivity contribution is 8.11. The molecule has 1 heterocycles. The number of rotatable bonds is 2. The summed E-state index contributed by atoms with van der Waals surface area (Å²) in [5.74, 6) is 1.40. The van der Waals surface area contributed by atoms with E-state index in [4.69, 9.17) is 12.2 Å². The molecule has 0 bridgehead atoms. The first-order valence-electron chi connectivity index (χ1n) is 5.06. The number of fused-ring (bicyclic) bond motifs is 1. The van der Waals surface area contributed by atoms with E-state index in [0.717, 1.165) is 22.5 Å². The third kappa shape index (κ3) is 2.36. The predicted octanol–water partition coefficient (Wildman–Crippen LogP) is 3.31. The van der Waals surface area contributed by atoms with Gasteiger partial charge in [0, 0.05) is 11.6 Å². The molecule has 0 fully saturated rings. The Hall–Kier alpha value is -1.07. The Morgan fingerprint density at radius 3 is 2.88 bits per heavy atom. The zero-order valence-corrected chi connectivity index (χ0v) is 10.8. The summed E-state index contributed by atoms with van der Waals surface area (Å²) < 4.78 is 0.461. The number of nitrogens with zero attached hydrogens (tertiary/aromatic N) is 1. The van der Waals surface area contributed by atoms with Crippen LogP contribution in [-0.2, 0) is 0 Å². The van der Waals surface area contributed by atoms with Gasteiger partial charge in [-0.15, -0.1) is 12.6 Å². The molecule has 16 heavy (non-hydrogen) atoms. The Kier molecular flexibility index (Phi) is 3.16. The monoisotopic (exact) mass is 251 g/mol. The SMILES string of the molecule is CC(C)c1nc2ccc(NC(=S)S)cc2[nH]1. The minimum absolute atomic E-state index is 0.398. The summed E-state index contributed by atoms with van der Waals surface area (Å²) in [6.45, 7) is 4.22. The van der Waals surface area contributed by atoms with E-state index in [1.807, 2.05) is 18.2 Å². The van der Waals surface area contributed by atoms with Gasteiger partial charge in [0.05, 0.1) is 11.0 Å². The number of thiol groups is 1. The van der Waals surface area contributed by atoms with Crippen LogP contribution in [0.3, 0.4) is 0 Å². The zero-order valence-electron chi connectivity index (χ0n) is 9.11. The Bertz CT molecular complexity index is 531. The van der Waals surface area contributed by atoms with Gasteiger partial charge >= 0.3 is 0 Å². The summed E-state index contributed by atoms with van der Waals surface area (Å²) in [4.78, 5) is 7.79. The molecule has 0 atom stereocenters. The first-order valence-corrected chi connectivity index (χ1v) is 5.91. The Morgan fingerprint density at radius 2 is 2.25 bits per heavy atom. The van der Waals surface area contributed by atoms with Gasteiger partial charge in [0.15, 0.2) is 0 Å². The number of nitrogens with one attached hydrogen (secondary N) is 2. The van der Waals surface area contributed by atoms with E-state index in [0.29, 0.717) is 10.2 Å². The number of benzene rings is 1. The first kappa shape index (κ1) is 11.4. The van der Waals surface area contributed by atoms with Gasteiger partial charge in [-0.1, -0.05) is 26.1 Å². The van der Waals surface area contributed by atoms with Gasteiger partial charge in [0.1, 0.15) is 10.1 Å². The van der Waals surface area contributed by atoms with Crippen molar-refractivity contribution in [3.63, 3.8) is 0 Å². The van der Waals surface area contributed by atoms with E-state index in [9.17, 15) is 0 Å². The number of imidazole rings is 1. The van der Waals surface area contributed by atoms with Gasteiger partial charge in [-0.2, -0.15) is 0 Å². The maximum atomic E-state index is 4.87. The summed E-state index contributed by atoms with van der Waals surface area (Å²) >= 11 is 8.91. The van der Waals surface area contributed by atoms with Crippen LogP contribution in [-0.4, -0.2) is 14.3 Å². The molecule has 84 valence electrons. The molecule has 0 saturated carbocycles. The molecule has 2 aromatic rings. The fraction of sp³-hybridized carbons (Fsp3) is 0.273. The van der Waals surface area contributed by atoms with Crippen molar-refractivity contribution in [3.05, 3.63) is 24.0 Å². The van der Waals surface area contributed by atoms with E-state index < -0.39 is 0 Å². The highest BCUT2D eigenvalue weighted by atomic mass is 32.1. The van der Waals surface area contributed by atoms with Gasteiger partial charge in [0.2, 0.25) is 0 Å². The number of hydrogen-bond acceptors (Lipinski definition) is 2. The molecule has 1 aromatic carbocycles. The minimum atomic E-state index is 0.398. The van der Waals surface area contributed by atoms with Crippen molar-refractivity contribution in [3.8, 4) is 0 Å². The summed E-state index contributed by atoms with van der Waals surface area (Å²) in [6, 6.07) is 5.89. The normalized spacial score (nSPS) is 11.0. The molecule has 0 aliphatic rings. The van der Waals surface area contributed by atoms with Crippen molar-refractivity contribution in [2.45, 2.75) is 19.8 Å². The second-order valence-corrected chi connectivity index (χ2v) is 5.10. The van der Waals surface area contributed by atoms with E-state index >= 15 is 0 Å². The summed E-state index contributed by atoms with van der Waals surface area (Å²) in [7, 11) is 0. The van der Waals surface area contributed by atoms with Crippen molar-refractivity contribution < 1.29 is 0 Å². The van der Waals surface area contributed by atoms with E-state index in [-0.39, 0.29) is 0 Å². The van der Waals surface area contributed by atoms with Crippen molar-refractivity contribution >= 4 is 45.9 Å². The molecule has 0 saturated heterocycles. The fourth-order valence-electron chi connectivity index (χ4n) is 1.50. The smallest absolute Gasteiger partial charge is 0.135 e. The lowest BCUT2D eigenvalue weighted by Gasteiger charge is -2.01. The number of H-pyrrole nitrogens is 1. The largest absolute Gasteiger partial charge is 0.342 e. The second kappa shape index (κ2) is 4.43. The maximum Gasteiger partial charge on any atom is 0.135 e. The average Bonchev–Trinajstić information content (AvgIpc) is 2.59. The molecule has 0 aliphatic carbocycles. The van der Waals surface area contributed by atoms with Crippen LogP contribution in [0.2, 0.25) is 0 Å². The minimum Gasteiger partial charge on any atom is -0.342 e. The highest BCUT2D eigenvalue weighted by Gasteiger charge is 2.06. The van der Waals surface area contributed by atoms with Gasteiger partial charge in [-0.05, 0) is 18.2 Å². The molecule has 0 aliphatic heterocycles. The molecule has 0 unspecified atom stereocenters. The van der Waals surface area contributed by atoms with E-state index in [2.05, 4.69) is 41.8 Å². The van der Waals surface area contributed by atoms with Crippen molar-refractivity contribution in [1.29, 1.82) is 0 Å². The third-order valence-corrected chi connectivity index (χ3v) is 2.51. The van der Waals surface area contributed by atoms with E-state index in [1.54, 1.807) is 0 Å². The van der Waals surface area contributed by atoms with Gasteiger partial charge in [0.25, 0.3) is 0 Å². The quantitative estimate of drug-likeness (QED) is 0.566. The molecule has 0 amide bonds. The average molecular weight is 251 g/mol. The summed E-state index contributed by atoms with van der Waals surface area (Å²) in [5, 5.41) is 2.98. The predicted molar refractivity (Wildman–Crippen MR) is 75.4 cm³/mol. The van der Waals surface area contributed by atoms with Gasteiger partial charge in [-0.25, -0.2) is 4.98 Å². The van der Waals surface area contributed by atoms with Crippen molar-refractivity contribution in [2.75, 3.05) is 5.32 Å². The van der Waals surface area contributed by atoms with Crippen LogP contribution in [0.1, 0.15) is 25.6 Å². The maximum absolute atomic E-state index is 4.87. The number of hydrogen-bond donors (Lipinski definition) is 3. The lowest BCUT2D eigenvalue weighted by Crippen LogP contribution is -1.99. The standard InChI is InChI=1S/C11H13N3S2/c1-6(2)10-13-8-4-3-7(12-11(15)16)5-9(8)14-10/h3-6H,1-2H3,(H,13,14)(H2,12,15,16).